The van der Waals surface area contributed by atoms with Gasteiger partial charge in [-0.3, -0.25) is 4.79 Å². The van der Waals surface area contributed by atoms with Crippen molar-refractivity contribution in [2.75, 3.05) is 20.1 Å². The molecule has 2 atom stereocenters. The van der Waals surface area contributed by atoms with Crippen molar-refractivity contribution in [3.63, 3.8) is 0 Å². The Morgan fingerprint density at radius 3 is 2.95 bits per heavy atom. The van der Waals surface area contributed by atoms with Crippen molar-refractivity contribution in [2.45, 2.75) is 32.2 Å². The lowest BCUT2D eigenvalue weighted by molar-refractivity contribution is -0.136. The third-order valence-corrected chi connectivity index (χ3v) is 4.64. The lowest BCUT2D eigenvalue weighted by Crippen LogP contribution is -2.42. The fourth-order valence-electron chi connectivity index (χ4n) is 2.79. The van der Waals surface area contributed by atoms with Gasteiger partial charge in [-0.1, -0.05) is 35.0 Å². The van der Waals surface area contributed by atoms with Gasteiger partial charge in [0.05, 0.1) is 0 Å². The van der Waals surface area contributed by atoms with E-state index in [4.69, 9.17) is 0 Å². The predicted octanol–water partition coefficient (Wildman–Crippen LogP) is 2.84. The van der Waals surface area contributed by atoms with Crippen LogP contribution in [0.5, 0.6) is 0 Å². The summed E-state index contributed by atoms with van der Waals surface area (Å²) in [5.41, 5.74) is 1.22. The van der Waals surface area contributed by atoms with Gasteiger partial charge in [-0.05, 0) is 43.5 Å². The molecular formula is C16H23BrN2O. The summed E-state index contributed by atoms with van der Waals surface area (Å²) in [4.78, 5) is 14.6. The van der Waals surface area contributed by atoms with Crippen LogP contribution < -0.4 is 5.32 Å². The highest BCUT2D eigenvalue weighted by atomic mass is 79.9. The number of benzene rings is 1. The molecule has 1 saturated heterocycles. The molecule has 1 aromatic carbocycles. The largest absolute Gasteiger partial charge is 0.341 e. The molecule has 0 aliphatic carbocycles. The van der Waals surface area contributed by atoms with Crippen LogP contribution in [0.1, 0.15) is 25.3 Å². The molecule has 20 heavy (non-hydrogen) atoms. The first kappa shape index (κ1) is 15.5. The molecule has 4 heteroatoms. The number of rotatable bonds is 5. The van der Waals surface area contributed by atoms with Crippen molar-refractivity contribution in [3.8, 4) is 0 Å². The van der Waals surface area contributed by atoms with Crippen LogP contribution in [0.3, 0.4) is 0 Å². The molecule has 0 saturated carbocycles. The van der Waals surface area contributed by atoms with E-state index in [-0.39, 0.29) is 11.8 Å². The summed E-state index contributed by atoms with van der Waals surface area (Å²) in [7, 11) is 1.95. The molecule has 110 valence electrons. The maximum atomic E-state index is 12.6. The zero-order valence-corrected chi connectivity index (χ0v) is 13.8. The van der Waals surface area contributed by atoms with E-state index in [2.05, 4.69) is 40.3 Å². The highest BCUT2D eigenvalue weighted by molar-refractivity contribution is 9.10. The summed E-state index contributed by atoms with van der Waals surface area (Å²) in [6.45, 7) is 4.04. The third kappa shape index (κ3) is 3.83. The molecule has 3 nitrogen and oxygen atoms in total. The zero-order valence-electron chi connectivity index (χ0n) is 12.2. The topological polar surface area (TPSA) is 32.3 Å². The minimum Gasteiger partial charge on any atom is -0.341 e. The maximum Gasteiger partial charge on any atom is 0.226 e. The smallest absolute Gasteiger partial charge is 0.226 e. The van der Waals surface area contributed by atoms with Gasteiger partial charge in [-0.25, -0.2) is 0 Å². The number of nitrogens with one attached hydrogen (secondary N) is 1. The number of hydrogen-bond donors (Lipinski definition) is 1. The number of carbonyl (C=O) groups is 1. The Morgan fingerprint density at radius 2 is 2.35 bits per heavy atom. The fraction of sp³-hybridized carbons (Fsp3) is 0.562. The Balaban J connectivity index is 2.01. The number of likely N-dealkylation sites (N-methyl/N-ethyl adjacent to an activating group) is 1. The summed E-state index contributed by atoms with van der Waals surface area (Å²) >= 11 is 3.49. The van der Waals surface area contributed by atoms with Gasteiger partial charge in [0.2, 0.25) is 5.91 Å². The van der Waals surface area contributed by atoms with E-state index < -0.39 is 0 Å². The minimum atomic E-state index is 0.0786. The van der Waals surface area contributed by atoms with Crippen LogP contribution in [0, 0.1) is 5.92 Å². The van der Waals surface area contributed by atoms with Crippen molar-refractivity contribution in [1.82, 2.24) is 10.2 Å². The van der Waals surface area contributed by atoms with Gasteiger partial charge < -0.3 is 10.2 Å². The zero-order chi connectivity index (χ0) is 14.5. The second-order valence-electron chi connectivity index (χ2n) is 5.53. The number of nitrogens with zero attached hydrogens (tertiary/aromatic N) is 1. The van der Waals surface area contributed by atoms with Crippen molar-refractivity contribution >= 4 is 21.8 Å². The van der Waals surface area contributed by atoms with Crippen LogP contribution in [0.15, 0.2) is 28.7 Å². The van der Waals surface area contributed by atoms with E-state index in [0.29, 0.717) is 6.04 Å². The van der Waals surface area contributed by atoms with Gasteiger partial charge in [0.1, 0.15) is 0 Å². The second kappa shape index (κ2) is 7.23. The Kier molecular flexibility index (Phi) is 5.61. The molecule has 1 fully saturated rings. The van der Waals surface area contributed by atoms with Crippen LogP contribution >= 0.6 is 15.9 Å². The standard InChI is InChI=1S/C16H23BrN2O/c1-3-13(9-12-5-4-6-14(17)10-12)16(20)19(2)15-7-8-18-11-15/h4-6,10,13,15,18H,3,7-9,11H2,1-2H3. The van der Waals surface area contributed by atoms with Gasteiger partial charge in [0.25, 0.3) is 0 Å². The lowest BCUT2D eigenvalue weighted by atomic mass is 9.95. The summed E-state index contributed by atoms with van der Waals surface area (Å²) in [5.74, 6) is 0.357. The van der Waals surface area contributed by atoms with E-state index >= 15 is 0 Å². The third-order valence-electron chi connectivity index (χ3n) is 4.14. The minimum absolute atomic E-state index is 0.0786. The van der Waals surface area contributed by atoms with E-state index in [0.717, 1.165) is 36.8 Å². The summed E-state index contributed by atoms with van der Waals surface area (Å²) < 4.78 is 1.07. The average molecular weight is 339 g/mol. The van der Waals surface area contributed by atoms with Gasteiger partial charge >= 0.3 is 0 Å². The Hall–Kier alpha value is -0.870. The van der Waals surface area contributed by atoms with Crippen LogP contribution in [0.4, 0.5) is 0 Å². The van der Waals surface area contributed by atoms with Crippen molar-refractivity contribution < 1.29 is 4.79 Å². The summed E-state index contributed by atoms with van der Waals surface area (Å²) in [6, 6.07) is 8.60. The van der Waals surface area contributed by atoms with Gasteiger partial charge in [-0.2, -0.15) is 0 Å². The SMILES string of the molecule is CCC(Cc1cccc(Br)c1)C(=O)N(C)C1CCNC1. The van der Waals surface area contributed by atoms with Crippen molar-refractivity contribution in [3.05, 3.63) is 34.3 Å². The van der Waals surface area contributed by atoms with Crippen LogP contribution in [0.25, 0.3) is 0 Å². The maximum absolute atomic E-state index is 12.6. The molecular weight excluding hydrogens is 316 g/mol. The van der Waals surface area contributed by atoms with Crippen LogP contribution in [-0.2, 0) is 11.2 Å². The van der Waals surface area contributed by atoms with Crippen LogP contribution in [-0.4, -0.2) is 37.0 Å². The van der Waals surface area contributed by atoms with Crippen LogP contribution in [0.2, 0.25) is 0 Å². The Morgan fingerprint density at radius 1 is 1.55 bits per heavy atom. The van der Waals surface area contributed by atoms with E-state index in [1.807, 2.05) is 24.1 Å². The molecule has 2 unspecified atom stereocenters. The van der Waals surface area contributed by atoms with E-state index in [1.165, 1.54) is 5.56 Å². The average Bonchev–Trinajstić information content (AvgIpc) is 2.97. The molecule has 1 heterocycles. The number of carbonyl (C=O) groups excluding carboxylic acids is 1. The Labute approximate surface area is 129 Å². The van der Waals surface area contributed by atoms with Crippen molar-refractivity contribution in [2.24, 2.45) is 5.92 Å². The summed E-state index contributed by atoms with van der Waals surface area (Å²) in [6.07, 6.45) is 2.77. The number of hydrogen-bond acceptors (Lipinski definition) is 2. The number of halogens is 1. The van der Waals surface area contributed by atoms with E-state index in [1.54, 1.807) is 0 Å². The highest BCUT2D eigenvalue weighted by Gasteiger charge is 2.27. The molecule has 0 bridgehead atoms. The predicted molar refractivity (Wildman–Crippen MR) is 85.7 cm³/mol. The molecule has 1 aromatic rings. The normalized spacial score (nSPS) is 19.9. The first-order chi connectivity index (χ1) is 9.61. The van der Waals surface area contributed by atoms with Gasteiger partial charge in [0.15, 0.2) is 0 Å². The van der Waals surface area contributed by atoms with Crippen molar-refractivity contribution in [1.29, 1.82) is 0 Å². The van der Waals surface area contributed by atoms with Gasteiger partial charge in [-0.15, -0.1) is 0 Å². The summed E-state index contributed by atoms with van der Waals surface area (Å²) in [5, 5.41) is 3.32. The second-order valence-corrected chi connectivity index (χ2v) is 6.45. The lowest BCUT2D eigenvalue weighted by Gasteiger charge is -2.28. The molecule has 1 amide bonds. The molecule has 0 aromatic heterocycles. The molecule has 0 spiro atoms. The highest BCUT2D eigenvalue weighted by Crippen LogP contribution is 2.20. The first-order valence-corrected chi connectivity index (χ1v) is 8.13. The molecule has 1 N–H and O–H groups in total. The number of amides is 1. The fourth-order valence-corrected chi connectivity index (χ4v) is 3.24. The van der Waals surface area contributed by atoms with Gasteiger partial charge in [0, 0.05) is 30.0 Å². The molecule has 1 aliphatic heterocycles. The first-order valence-electron chi connectivity index (χ1n) is 7.33. The molecule has 0 radical (unpaired) electrons. The monoisotopic (exact) mass is 338 g/mol. The molecule has 1 aliphatic rings. The molecule has 2 rings (SSSR count). The quantitative estimate of drug-likeness (QED) is 0.895. The Bertz CT molecular complexity index is 458. The van der Waals surface area contributed by atoms with E-state index in [9.17, 15) is 4.79 Å².